The molecule has 0 aliphatic heterocycles. The van der Waals surface area contributed by atoms with Crippen LogP contribution in [0.2, 0.25) is 0 Å². The zero-order chi connectivity index (χ0) is 20.8. The number of ether oxygens (including phenoxy) is 3. The molecule has 1 aliphatic rings. The Morgan fingerprint density at radius 1 is 1.03 bits per heavy atom. The maximum Gasteiger partial charge on any atom is 0.335 e. The monoisotopic (exact) mass is 399 g/mol. The lowest BCUT2D eigenvalue weighted by molar-refractivity contribution is 0.0696. The summed E-state index contributed by atoms with van der Waals surface area (Å²) in [4.78, 5) is 24.0. The van der Waals surface area contributed by atoms with Crippen molar-refractivity contribution in [2.45, 2.75) is 38.4 Å². The molecule has 0 radical (unpaired) electrons. The van der Waals surface area contributed by atoms with E-state index in [1.54, 1.807) is 24.3 Å². The van der Waals surface area contributed by atoms with Gasteiger partial charge in [-0.15, -0.1) is 0 Å². The predicted molar refractivity (Wildman–Crippen MR) is 108 cm³/mol. The van der Waals surface area contributed by atoms with Crippen molar-refractivity contribution in [2.24, 2.45) is 0 Å². The summed E-state index contributed by atoms with van der Waals surface area (Å²) in [5, 5.41) is 12.0. The van der Waals surface area contributed by atoms with Gasteiger partial charge in [-0.05, 0) is 67.6 Å². The van der Waals surface area contributed by atoms with Gasteiger partial charge in [0, 0.05) is 18.4 Å². The van der Waals surface area contributed by atoms with Crippen LogP contribution in [0.1, 0.15) is 52.0 Å². The first-order valence-corrected chi connectivity index (χ1v) is 9.52. The fourth-order valence-corrected chi connectivity index (χ4v) is 3.43. The topological polar surface area (TPSA) is 94.1 Å². The smallest absolute Gasteiger partial charge is 0.335 e. The number of aromatic carboxylic acids is 1. The molecule has 2 N–H and O–H groups in total. The Kier molecular flexibility index (Phi) is 6.72. The molecule has 7 heteroatoms. The van der Waals surface area contributed by atoms with Gasteiger partial charge in [0.15, 0.2) is 11.5 Å². The second-order valence-electron chi connectivity index (χ2n) is 7.00. The van der Waals surface area contributed by atoms with Crippen LogP contribution in [0.3, 0.4) is 0 Å². The van der Waals surface area contributed by atoms with E-state index in [1.807, 2.05) is 0 Å². The zero-order valence-corrected chi connectivity index (χ0v) is 16.6. The molecule has 2 aromatic rings. The van der Waals surface area contributed by atoms with Gasteiger partial charge in [0.25, 0.3) is 5.91 Å². The average Bonchev–Trinajstić information content (AvgIpc) is 3.21. The number of methoxy groups -OCH3 is 2. The minimum Gasteiger partial charge on any atom is -0.493 e. The second kappa shape index (κ2) is 9.43. The van der Waals surface area contributed by atoms with Crippen molar-refractivity contribution >= 4 is 17.6 Å². The molecule has 2 aromatic carbocycles. The number of nitrogens with one attached hydrogen (secondary N) is 1. The molecule has 3 rings (SSSR count). The largest absolute Gasteiger partial charge is 0.493 e. The summed E-state index contributed by atoms with van der Waals surface area (Å²) in [5.41, 5.74) is 1.50. The molecule has 0 bridgehead atoms. The van der Waals surface area contributed by atoms with E-state index in [9.17, 15) is 14.7 Å². The first kappa shape index (κ1) is 20.7. The third kappa shape index (κ3) is 5.26. The fraction of sp³-hybridized carbons (Fsp3) is 0.364. The molecule has 0 aromatic heterocycles. The molecule has 1 aliphatic carbocycles. The molecule has 1 saturated carbocycles. The highest BCUT2D eigenvalue weighted by Crippen LogP contribution is 2.32. The average molecular weight is 399 g/mol. The standard InChI is InChI=1S/C22H25NO6/c1-27-13-14-9-16(22(25)26)11-17(10-14)23-21(24)15-7-8-19(20(12-15)28-2)29-18-5-3-4-6-18/h7-12,18H,3-6,13H2,1-2H3,(H,23,24)(H,25,26). The van der Waals surface area contributed by atoms with E-state index in [0.29, 0.717) is 28.3 Å². The molecule has 0 saturated heterocycles. The predicted octanol–water partition coefficient (Wildman–Crippen LogP) is 4.11. The quantitative estimate of drug-likeness (QED) is 0.694. The lowest BCUT2D eigenvalue weighted by atomic mass is 10.1. The number of amides is 1. The van der Waals surface area contributed by atoms with Crippen LogP contribution >= 0.6 is 0 Å². The third-order valence-corrected chi connectivity index (χ3v) is 4.83. The van der Waals surface area contributed by atoms with Gasteiger partial charge in [-0.25, -0.2) is 4.79 Å². The van der Waals surface area contributed by atoms with Gasteiger partial charge in [-0.2, -0.15) is 0 Å². The van der Waals surface area contributed by atoms with Crippen LogP contribution in [0.15, 0.2) is 36.4 Å². The molecule has 1 amide bonds. The number of carboxylic acid groups (broad SMARTS) is 1. The minimum absolute atomic E-state index is 0.0766. The van der Waals surface area contributed by atoms with Crippen molar-refractivity contribution in [2.75, 3.05) is 19.5 Å². The Balaban J connectivity index is 1.78. The summed E-state index contributed by atoms with van der Waals surface area (Å²) in [5.74, 6) is -0.342. The van der Waals surface area contributed by atoms with E-state index in [-0.39, 0.29) is 24.2 Å². The lowest BCUT2D eigenvalue weighted by Crippen LogP contribution is -2.14. The van der Waals surface area contributed by atoms with E-state index in [1.165, 1.54) is 26.4 Å². The lowest BCUT2D eigenvalue weighted by Gasteiger charge is -2.16. The van der Waals surface area contributed by atoms with E-state index in [2.05, 4.69) is 5.32 Å². The summed E-state index contributed by atoms with van der Waals surface area (Å²) in [6, 6.07) is 9.63. The van der Waals surface area contributed by atoms with Crippen molar-refractivity contribution in [1.29, 1.82) is 0 Å². The Labute approximate surface area is 169 Å². The summed E-state index contributed by atoms with van der Waals surface area (Å²) in [7, 11) is 3.05. The van der Waals surface area contributed by atoms with Gasteiger partial charge in [0.1, 0.15) is 0 Å². The SMILES string of the molecule is COCc1cc(NC(=O)c2ccc(OC3CCCC3)c(OC)c2)cc(C(=O)O)c1. The molecule has 7 nitrogen and oxygen atoms in total. The van der Waals surface area contributed by atoms with Crippen molar-refractivity contribution in [3.63, 3.8) is 0 Å². The molecule has 154 valence electrons. The highest BCUT2D eigenvalue weighted by atomic mass is 16.5. The molecule has 0 unspecified atom stereocenters. The van der Waals surface area contributed by atoms with Crippen LogP contribution in [-0.2, 0) is 11.3 Å². The van der Waals surface area contributed by atoms with Crippen molar-refractivity contribution in [3.05, 3.63) is 53.1 Å². The Bertz CT molecular complexity index is 889. The van der Waals surface area contributed by atoms with Gasteiger partial charge < -0.3 is 24.6 Å². The van der Waals surface area contributed by atoms with E-state index in [0.717, 1.165) is 25.7 Å². The molecule has 0 heterocycles. The molecular formula is C22H25NO6. The third-order valence-electron chi connectivity index (χ3n) is 4.83. The highest BCUT2D eigenvalue weighted by molar-refractivity contribution is 6.05. The van der Waals surface area contributed by atoms with Crippen LogP contribution in [0, 0.1) is 0 Å². The summed E-state index contributed by atoms with van der Waals surface area (Å²) < 4.78 is 16.5. The fourth-order valence-electron chi connectivity index (χ4n) is 3.43. The molecule has 0 atom stereocenters. The number of hydrogen-bond donors (Lipinski definition) is 2. The summed E-state index contributed by atoms with van der Waals surface area (Å²) >= 11 is 0. The number of benzene rings is 2. The Morgan fingerprint density at radius 3 is 2.45 bits per heavy atom. The summed E-state index contributed by atoms with van der Waals surface area (Å²) in [6.07, 6.45) is 4.55. The molecule has 1 fully saturated rings. The first-order valence-electron chi connectivity index (χ1n) is 9.52. The molecule has 0 spiro atoms. The van der Waals surface area contributed by atoms with Crippen LogP contribution in [0.25, 0.3) is 0 Å². The maximum atomic E-state index is 12.7. The zero-order valence-electron chi connectivity index (χ0n) is 16.6. The number of hydrogen-bond acceptors (Lipinski definition) is 5. The minimum atomic E-state index is -1.08. The molecule has 29 heavy (non-hydrogen) atoms. The van der Waals surface area contributed by atoms with E-state index >= 15 is 0 Å². The first-order chi connectivity index (χ1) is 14.0. The van der Waals surface area contributed by atoms with Crippen LogP contribution in [0.4, 0.5) is 5.69 Å². The second-order valence-corrected chi connectivity index (χ2v) is 7.00. The van der Waals surface area contributed by atoms with E-state index < -0.39 is 5.97 Å². The summed E-state index contributed by atoms with van der Waals surface area (Å²) in [6.45, 7) is 0.241. The van der Waals surface area contributed by atoms with Crippen molar-refractivity contribution in [1.82, 2.24) is 0 Å². The maximum absolute atomic E-state index is 12.7. The molecular weight excluding hydrogens is 374 g/mol. The number of anilines is 1. The normalized spacial score (nSPS) is 13.9. The van der Waals surface area contributed by atoms with Gasteiger partial charge in [0.05, 0.1) is 25.4 Å². The number of carboxylic acids is 1. The Morgan fingerprint density at radius 2 is 1.79 bits per heavy atom. The van der Waals surface area contributed by atoms with Crippen LogP contribution in [-0.4, -0.2) is 37.3 Å². The van der Waals surface area contributed by atoms with E-state index in [4.69, 9.17) is 14.2 Å². The van der Waals surface area contributed by atoms with Crippen LogP contribution < -0.4 is 14.8 Å². The number of carbonyl (C=O) groups is 2. The van der Waals surface area contributed by atoms with Gasteiger partial charge in [-0.3, -0.25) is 4.79 Å². The number of carbonyl (C=O) groups excluding carboxylic acids is 1. The van der Waals surface area contributed by atoms with Crippen molar-refractivity contribution < 1.29 is 28.9 Å². The van der Waals surface area contributed by atoms with Crippen molar-refractivity contribution in [3.8, 4) is 11.5 Å². The highest BCUT2D eigenvalue weighted by Gasteiger charge is 2.19. The Hall–Kier alpha value is -3.06. The van der Waals surface area contributed by atoms with Gasteiger partial charge in [-0.1, -0.05) is 0 Å². The van der Waals surface area contributed by atoms with Gasteiger partial charge in [0.2, 0.25) is 0 Å². The van der Waals surface area contributed by atoms with Crippen LogP contribution in [0.5, 0.6) is 11.5 Å². The van der Waals surface area contributed by atoms with Gasteiger partial charge >= 0.3 is 5.97 Å². The number of rotatable bonds is 8.